The van der Waals surface area contributed by atoms with Crippen molar-refractivity contribution < 1.29 is 61.2 Å². The van der Waals surface area contributed by atoms with E-state index in [0.29, 0.717) is 19.3 Å². The largest absolute Gasteiger partial charge is 3.00 e. The molecule has 0 aromatic carbocycles. The van der Waals surface area contributed by atoms with Crippen LogP contribution in [0.4, 0.5) is 0 Å². The van der Waals surface area contributed by atoms with Crippen molar-refractivity contribution in [2.24, 2.45) is 0 Å². The Balaban J connectivity index is -0.000000174. The van der Waals surface area contributed by atoms with Gasteiger partial charge in [0, 0.05) is 56.4 Å². The zero-order valence-electron chi connectivity index (χ0n) is 17.2. The smallest absolute Gasteiger partial charge is 0.550 e. The van der Waals surface area contributed by atoms with Gasteiger partial charge in [-0.3, -0.25) is 14.4 Å². The number of allylic oxidation sites excluding steroid dienone is 3. The third-order valence-electron chi connectivity index (χ3n) is 2.91. The number of hydrogen-bond acceptors (Lipinski definition) is 9. The molecule has 9 nitrogen and oxygen atoms in total. The van der Waals surface area contributed by atoms with Gasteiger partial charge in [-0.05, 0) is 19.3 Å². The standard InChI is InChI=1S/3C7H10O3.Fe/c3*1-2-3-4-6(8)5-7(9)10;/h3*2H,1,3-5H2,(H,9,10);/q;;;+3/p-3. The van der Waals surface area contributed by atoms with E-state index >= 15 is 0 Å². The molecule has 0 unspecified atom stereocenters. The van der Waals surface area contributed by atoms with Crippen molar-refractivity contribution in [2.45, 2.75) is 57.8 Å². The van der Waals surface area contributed by atoms with Crippen LogP contribution in [0, 0.1) is 0 Å². The molecule has 10 heteroatoms. The van der Waals surface area contributed by atoms with Crippen molar-refractivity contribution in [3.63, 3.8) is 0 Å². The minimum atomic E-state index is -1.31. The predicted octanol–water partition coefficient (Wildman–Crippen LogP) is -1.02. The van der Waals surface area contributed by atoms with Crippen LogP contribution in [0.15, 0.2) is 38.0 Å². The Bertz CT molecular complexity index is 539. The summed E-state index contributed by atoms with van der Waals surface area (Å²) >= 11 is 0. The number of carboxylic acid groups (broad SMARTS) is 3. The average Bonchev–Trinajstić information content (AvgIpc) is 2.62. The first-order valence-electron chi connectivity index (χ1n) is 8.97. The second-order valence-corrected chi connectivity index (χ2v) is 5.74. The first-order valence-corrected chi connectivity index (χ1v) is 8.97. The summed E-state index contributed by atoms with van der Waals surface area (Å²) in [6.45, 7) is 10.2. The summed E-state index contributed by atoms with van der Waals surface area (Å²) in [7, 11) is 0. The number of aliphatic carboxylic acids is 3. The maximum absolute atomic E-state index is 10.5. The molecule has 1 radical (unpaired) electrons. The molecule has 0 fully saturated rings. The van der Waals surface area contributed by atoms with E-state index in [0.717, 1.165) is 0 Å². The van der Waals surface area contributed by atoms with Crippen LogP contribution in [0.1, 0.15) is 57.8 Å². The first kappa shape index (κ1) is 35.6. The number of Topliss-reactive ketones (excluding diaryl/α,β-unsaturated/α-hetero) is 3. The number of carboxylic acids is 3. The molecule has 173 valence electrons. The zero-order chi connectivity index (χ0) is 23.9. The summed E-state index contributed by atoms with van der Waals surface area (Å²) in [5, 5.41) is 29.4. The number of ketones is 3. The fourth-order valence-electron chi connectivity index (χ4n) is 1.54. The number of carbonyl (C=O) groups is 6. The molecule has 0 heterocycles. The number of hydrogen-bond donors (Lipinski definition) is 0. The van der Waals surface area contributed by atoms with Crippen LogP contribution in [0.25, 0.3) is 0 Å². The monoisotopic (exact) mass is 479 g/mol. The number of carbonyl (C=O) groups excluding carboxylic acids is 6. The third-order valence-corrected chi connectivity index (χ3v) is 2.91. The first-order chi connectivity index (χ1) is 14.0. The normalized spacial score (nSPS) is 8.52. The second kappa shape index (κ2) is 25.2. The molecule has 0 bridgehead atoms. The Morgan fingerprint density at radius 2 is 0.710 bits per heavy atom. The molecule has 0 N–H and O–H groups in total. The van der Waals surface area contributed by atoms with Crippen LogP contribution in [0.3, 0.4) is 0 Å². The van der Waals surface area contributed by atoms with E-state index in [1.54, 1.807) is 18.2 Å². The van der Waals surface area contributed by atoms with Crippen LogP contribution in [-0.4, -0.2) is 35.3 Å². The van der Waals surface area contributed by atoms with Gasteiger partial charge in [-0.25, -0.2) is 0 Å². The van der Waals surface area contributed by atoms with Gasteiger partial charge >= 0.3 is 17.1 Å². The van der Waals surface area contributed by atoms with E-state index < -0.39 is 37.2 Å². The molecule has 0 amide bonds. The van der Waals surface area contributed by atoms with E-state index in [4.69, 9.17) is 0 Å². The fraction of sp³-hybridized carbons (Fsp3) is 0.429. The van der Waals surface area contributed by atoms with E-state index in [1.807, 2.05) is 0 Å². The van der Waals surface area contributed by atoms with Gasteiger partial charge in [0.1, 0.15) is 17.3 Å². The Kier molecular flexibility index (Phi) is 28.9. The second-order valence-electron chi connectivity index (χ2n) is 5.74. The number of rotatable bonds is 15. The van der Waals surface area contributed by atoms with Gasteiger partial charge in [-0.2, -0.15) is 0 Å². The van der Waals surface area contributed by atoms with Crippen LogP contribution in [0.2, 0.25) is 0 Å². The molecule has 0 rings (SSSR count). The molecule has 0 aromatic heterocycles. The van der Waals surface area contributed by atoms with Crippen LogP contribution < -0.4 is 15.3 Å². The Hall–Kier alpha value is -2.84. The van der Waals surface area contributed by atoms with Crippen molar-refractivity contribution in [1.29, 1.82) is 0 Å². The molecular formula is C21H27FeO9. The third kappa shape index (κ3) is 38.4. The average molecular weight is 479 g/mol. The van der Waals surface area contributed by atoms with Crippen LogP contribution in [0.5, 0.6) is 0 Å². The topological polar surface area (TPSA) is 172 Å². The molecule has 0 aliphatic heterocycles. The molecule has 0 aliphatic carbocycles. The minimum Gasteiger partial charge on any atom is -0.550 e. The predicted molar refractivity (Wildman–Crippen MR) is 102 cm³/mol. The summed E-state index contributed by atoms with van der Waals surface area (Å²) < 4.78 is 0. The summed E-state index contributed by atoms with van der Waals surface area (Å²) in [4.78, 5) is 61.1. The maximum Gasteiger partial charge on any atom is 3.00 e. The molecule has 31 heavy (non-hydrogen) atoms. The Labute approximate surface area is 192 Å². The molecule has 0 aliphatic rings. The van der Waals surface area contributed by atoms with Crippen molar-refractivity contribution in [3.8, 4) is 0 Å². The quantitative estimate of drug-likeness (QED) is 0.162. The molecular weight excluding hydrogens is 452 g/mol. The molecule has 0 saturated heterocycles. The van der Waals surface area contributed by atoms with E-state index in [2.05, 4.69) is 19.7 Å². The van der Waals surface area contributed by atoms with Gasteiger partial charge in [-0.1, -0.05) is 18.2 Å². The van der Waals surface area contributed by atoms with E-state index in [-0.39, 0.29) is 53.7 Å². The SMILES string of the molecule is C=CCCC(=O)CC(=O)[O-].C=CCCC(=O)CC(=O)[O-].C=CCCC(=O)CC(=O)[O-].[Fe+3]. The van der Waals surface area contributed by atoms with Crippen molar-refractivity contribution in [1.82, 2.24) is 0 Å². The fourth-order valence-corrected chi connectivity index (χ4v) is 1.54. The zero-order valence-corrected chi connectivity index (χ0v) is 18.3. The van der Waals surface area contributed by atoms with Crippen molar-refractivity contribution in [2.75, 3.05) is 0 Å². The Morgan fingerprint density at radius 3 is 0.839 bits per heavy atom. The maximum atomic E-state index is 10.5. The summed E-state index contributed by atoms with van der Waals surface area (Å²) in [6, 6.07) is 0. The van der Waals surface area contributed by atoms with Crippen molar-refractivity contribution in [3.05, 3.63) is 38.0 Å². The van der Waals surface area contributed by atoms with Crippen molar-refractivity contribution >= 4 is 35.3 Å². The molecule has 0 spiro atoms. The van der Waals surface area contributed by atoms with Crippen LogP contribution >= 0.6 is 0 Å². The molecule has 0 atom stereocenters. The van der Waals surface area contributed by atoms with Gasteiger partial charge < -0.3 is 29.7 Å². The minimum absolute atomic E-state index is 0. The summed E-state index contributed by atoms with van der Waals surface area (Å²) in [5.41, 5.74) is 0. The van der Waals surface area contributed by atoms with Gasteiger partial charge in [-0.15, -0.1) is 19.7 Å². The summed E-state index contributed by atoms with van der Waals surface area (Å²) in [5.74, 6) is -4.85. The van der Waals surface area contributed by atoms with Gasteiger partial charge in [0.15, 0.2) is 0 Å². The molecule has 0 aromatic rings. The summed E-state index contributed by atoms with van der Waals surface area (Å²) in [6.07, 6.45) is 5.64. The Morgan fingerprint density at radius 1 is 0.516 bits per heavy atom. The van der Waals surface area contributed by atoms with Gasteiger partial charge in [0.2, 0.25) is 0 Å². The molecule has 0 saturated carbocycles. The van der Waals surface area contributed by atoms with E-state index in [9.17, 15) is 44.1 Å². The van der Waals surface area contributed by atoms with Crippen LogP contribution in [-0.2, 0) is 45.8 Å². The van der Waals surface area contributed by atoms with Gasteiger partial charge in [0.05, 0.1) is 0 Å². The van der Waals surface area contributed by atoms with Gasteiger partial charge in [0.25, 0.3) is 0 Å². The van der Waals surface area contributed by atoms with E-state index in [1.165, 1.54) is 0 Å².